The summed E-state index contributed by atoms with van der Waals surface area (Å²) in [5.41, 5.74) is 1.70. The molecule has 3 heterocycles. The smallest absolute Gasteiger partial charge is 0.328 e. The predicted octanol–water partition coefficient (Wildman–Crippen LogP) is 1.29. The Morgan fingerprint density at radius 3 is 2.37 bits per heavy atom. The van der Waals surface area contributed by atoms with Gasteiger partial charge in [-0.1, -0.05) is 0 Å². The van der Waals surface area contributed by atoms with E-state index in [1.54, 1.807) is 11.7 Å². The number of amides is 2. The molecule has 0 saturated heterocycles. The molecule has 3 N–H and O–H groups in total. The summed E-state index contributed by atoms with van der Waals surface area (Å²) in [4.78, 5) is 36.9. The molecule has 0 spiro atoms. The van der Waals surface area contributed by atoms with Crippen molar-refractivity contribution in [3.63, 3.8) is 0 Å². The minimum Gasteiger partial charge on any atom is -0.480 e. The van der Waals surface area contributed by atoms with Crippen LogP contribution in [0.5, 0.6) is 0 Å². The quantitative estimate of drug-likeness (QED) is 0.527. The highest BCUT2D eigenvalue weighted by Gasteiger charge is 2.25. The number of nitrogens with one attached hydrogen (secondary N) is 2. The predicted molar refractivity (Wildman–Crippen MR) is 106 cm³/mol. The average molecular weight is 414 g/mol. The molecule has 30 heavy (non-hydrogen) atoms. The molecule has 0 aliphatic carbocycles. The van der Waals surface area contributed by atoms with E-state index in [-0.39, 0.29) is 17.1 Å². The second kappa shape index (κ2) is 8.19. The van der Waals surface area contributed by atoms with Gasteiger partial charge in [0.05, 0.1) is 29.5 Å². The number of carboxylic acid groups (broad SMARTS) is 1. The van der Waals surface area contributed by atoms with Gasteiger partial charge >= 0.3 is 5.97 Å². The highest BCUT2D eigenvalue weighted by atomic mass is 16.4. The van der Waals surface area contributed by atoms with Crippen molar-refractivity contribution >= 4 is 29.2 Å². The summed E-state index contributed by atoms with van der Waals surface area (Å²) >= 11 is 0. The maximum atomic E-state index is 12.9. The number of rotatable bonds is 7. The lowest BCUT2D eigenvalue weighted by Gasteiger charge is -2.12. The van der Waals surface area contributed by atoms with Gasteiger partial charge in [0.25, 0.3) is 11.8 Å². The molecule has 0 radical (unpaired) electrons. The fourth-order valence-electron chi connectivity index (χ4n) is 2.85. The van der Waals surface area contributed by atoms with Gasteiger partial charge < -0.3 is 15.7 Å². The Balaban J connectivity index is 1.88. The molecule has 158 valence electrons. The van der Waals surface area contributed by atoms with Crippen LogP contribution in [0.15, 0.2) is 24.7 Å². The molecule has 0 bridgehead atoms. The largest absolute Gasteiger partial charge is 0.480 e. The fourth-order valence-corrected chi connectivity index (χ4v) is 2.85. The second-order valence-corrected chi connectivity index (χ2v) is 6.57. The Morgan fingerprint density at radius 2 is 1.77 bits per heavy atom. The van der Waals surface area contributed by atoms with Crippen LogP contribution in [0.4, 0.5) is 11.4 Å². The lowest BCUT2D eigenvalue weighted by Crippen LogP contribution is -2.25. The van der Waals surface area contributed by atoms with Gasteiger partial charge in [-0.05, 0) is 26.8 Å². The van der Waals surface area contributed by atoms with E-state index >= 15 is 0 Å². The summed E-state index contributed by atoms with van der Waals surface area (Å²) in [6.45, 7) is 5.44. The molecule has 2 amide bonds. The number of carbonyl (C=O) groups is 3. The molecule has 3 rings (SSSR count). The SMILES string of the molecule is CCn1ncc(NC(=O)c2ccnn2C(C)C(=O)O)c1C(=O)Nc1cnn(C)c1C. The van der Waals surface area contributed by atoms with Gasteiger partial charge in [0, 0.05) is 19.8 Å². The van der Waals surface area contributed by atoms with Crippen LogP contribution >= 0.6 is 0 Å². The summed E-state index contributed by atoms with van der Waals surface area (Å²) in [7, 11) is 1.76. The van der Waals surface area contributed by atoms with E-state index in [0.29, 0.717) is 12.2 Å². The third-order valence-corrected chi connectivity index (χ3v) is 4.71. The lowest BCUT2D eigenvalue weighted by atomic mass is 10.2. The molecule has 3 aromatic rings. The van der Waals surface area contributed by atoms with Crippen molar-refractivity contribution in [3.05, 3.63) is 41.7 Å². The first-order valence-corrected chi connectivity index (χ1v) is 9.18. The van der Waals surface area contributed by atoms with E-state index < -0.39 is 23.8 Å². The third kappa shape index (κ3) is 3.79. The maximum absolute atomic E-state index is 12.9. The molecule has 1 unspecified atom stereocenters. The lowest BCUT2D eigenvalue weighted by molar-refractivity contribution is -0.140. The molecule has 0 aliphatic heterocycles. The van der Waals surface area contributed by atoms with Gasteiger partial charge in [0.15, 0.2) is 0 Å². The van der Waals surface area contributed by atoms with Crippen molar-refractivity contribution in [3.8, 4) is 0 Å². The van der Waals surface area contributed by atoms with Gasteiger partial charge in [-0.2, -0.15) is 15.3 Å². The normalized spacial score (nSPS) is 11.9. The molecular formula is C18H22N8O4. The zero-order chi connectivity index (χ0) is 22.0. The summed E-state index contributed by atoms with van der Waals surface area (Å²) in [5, 5.41) is 26.8. The van der Waals surface area contributed by atoms with Crippen molar-refractivity contribution in [1.82, 2.24) is 29.3 Å². The highest BCUT2D eigenvalue weighted by Crippen LogP contribution is 2.20. The molecule has 0 aromatic carbocycles. The van der Waals surface area contributed by atoms with Crippen LogP contribution in [0, 0.1) is 6.92 Å². The van der Waals surface area contributed by atoms with Gasteiger partial charge in [0.2, 0.25) is 0 Å². The van der Waals surface area contributed by atoms with Gasteiger partial charge in [-0.25, -0.2) is 9.48 Å². The van der Waals surface area contributed by atoms with E-state index in [1.807, 2.05) is 13.8 Å². The van der Waals surface area contributed by atoms with Crippen LogP contribution in [0.3, 0.4) is 0 Å². The molecular weight excluding hydrogens is 392 g/mol. The van der Waals surface area contributed by atoms with Crippen LogP contribution in [0.1, 0.15) is 46.6 Å². The Labute approximate surface area is 171 Å². The number of carboxylic acids is 1. The van der Waals surface area contributed by atoms with Crippen LogP contribution in [-0.4, -0.2) is 52.2 Å². The van der Waals surface area contributed by atoms with Gasteiger partial charge in [0.1, 0.15) is 17.4 Å². The summed E-state index contributed by atoms with van der Waals surface area (Å²) < 4.78 is 4.18. The first-order chi connectivity index (χ1) is 14.2. The summed E-state index contributed by atoms with van der Waals surface area (Å²) in [6.07, 6.45) is 4.24. The van der Waals surface area contributed by atoms with Gasteiger partial charge in [-0.15, -0.1) is 0 Å². The zero-order valence-corrected chi connectivity index (χ0v) is 16.9. The Bertz CT molecular complexity index is 1110. The zero-order valence-electron chi connectivity index (χ0n) is 16.9. The number of hydrogen-bond acceptors (Lipinski definition) is 6. The summed E-state index contributed by atoms with van der Waals surface area (Å²) in [5.74, 6) is -2.20. The topological polar surface area (TPSA) is 149 Å². The first-order valence-electron chi connectivity index (χ1n) is 9.18. The number of hydrogen-bond donors (Lipinski definition) is 3. The van der Waals surface area contributed by atoms with Crippen LogP contribution in [0.2, 0.25) is 0 Å². The average Bonchev–Trinajstić information content (AvgIpc) is 3.42. The van der Waals surface area contributed by atoms with E-state index in [4.69, 9.17) is 0 Å². The van der Waals surface area contributed by atoms with Gasteiger partial charge in [-0.3, -0.25) is 19.0 Å². The van der Waals surface area contributed by atoms with Crippen molar-refractivity contribution < 1.29 is 19.5 Å². The minimum atomic E-state index is -1.13. The number of aliphatic carboxylic acids is 1. The second-order valence-electron chi connectivity index (χ2n) is 6.57. The molecule has 12 nitrogen and oxygen atoms in total. The molecule has 0 saturated carbocycles. The number of carbonyl (C=O) groups excluding carboxylic acids is 2. The molecule has 1 atom stereocenters. The number of anilines is 2. The Morgan fingerprint density at radius 1 is 1.10 bits per heavy atom. The first kappa shape index (κ1) is 20.8. The van der Waals surface area contributed by atoms with Crippen LogP contribution in [0.25, 0.3) is 0 Å². The Kier molecular flexibility index (Phi) is 5.67. The van der Waals surface area contributed by atoms with E-state index in [2.05, 4.69) is 25.9 Å². The molecule has 3 aromatic heterocycles. The van der Waals surface area contributed by atoms with Crippen LogP contribution < -0.4 is 10.6 Å². The standard InChI is InChI=1S/C18H22N8O4/c1-5-25-15(17(28)22-12-8-20-24(4)10(12)2)13(9-21-25)23-16(27)14-6-7-19-26(14)11(3)18(29)30/h6-9,11H,5H2,1-4H3,(H,22,28)(H,23,27)(H,29,30). The maximum Gasteiger partial charge on any atom is 0.328 e. The van der Waals surface area contributed by atoms with E-state index in [0.717, 1.165) is 10.4 Å². The van der Waals surface area contributed by atoms with Crippen molar-refractivity contribution in [1.29, 1.82) is 0 Å². The van der Waals surface area contributed by atoms with Crippen molar-refractivity contribution in [2.45, 2.75) is 33.4 Å². The molecule has 0 fully saturated rings. The minimum absolute atomic E-state index is 0.0450. The monoisotopic (exact) mass is 414 g/mol. The molecule has 0 aliphatic rings. The van der Waals surface area contributed by atoms with Crippen LogP contribution in [-0.2, 0) is 18.4 Å². The number of aromatic nitrogens is 6. The number of nitrogens with zero attached hydrogens (tertiary/aromatic N) is 6. The van der Waals surface area contributed by atoms with E-state index in [9.17, 15) is 19.5 Å². The van der Waals surface area contributed by atoms with E-state index in [1.165, 1.54) is 36.3 Å². The highest BCUT2D eigenvalue weighted by molar-refractivity contribution is 6.11. The van der Waals surface area contributed by atoms with Crippen molar-refractivity contribution in [2.75, 3.05) is 10.6 Å². The fraction of sp³-hybridized carbons (Fsp3) is 0.333. The summed E-state index contributed by atoms with van der Waals surface area (Å²) in [6, 6.07) is 0.369. The Hall–Kier alpha value is -3.96. The third-order valence-electron chi connectivity index (χ3n) is 4.71. The molecule has 12 heteroatoms. The van der Waals surface area contributed by atoms with Crippen molar-refractivity contribution in [2.24, 2.45) is 7.05 Å². The number of aryl methyl sites for hydroxylation is 2.